The highest BCUT2D eigenvalue weighted by molar-refractivity contribution is 5.53. The monoisotopic (exact) mass is 283 g/mol. The highest BCUT2D eigenvalue weighted by Gasteiger charge is 2.08. The summed E-state index contributed by atoms with van der Waals surface area (Å²) in [6, 6.07) is 16.4. The minimum atomic E-state index is 0.329. The number of hydrogen-bond donors (Lipinski definition) is 2. The molecule has 2 nitrogen and oxygen atoms in total. The summed E-state index contributed by atoms with van der Waals surface area (Å²) in [6.07, 6.45) is 2.08. The van der Waals surface area contributed by atoms with Crippen molar-refractivity contribution in [3.8, 4) is 5.75 Å². The Hall–Kier alpha value is -1.96. The zero-order chi connectivity index (χ0) is 15.2. The van der Waals surface area contributed by atoms with E-state index in [-0.39, 0.29) is 0 Å². The molecule has 2 aromatic carbocycles. The first-order valence-electron chi connectivity index (χ1n) is 7.69. The third-order valence-corrected chi connectivity index (χ3v) is 3.79. The maximum absolute atomic E-state index is 9.30. The fourth-order valence-corrected chi connectivity index (χ4v) is 2.52. The molecular formula is C19H25NO. The van der Waals surface area contributed by atoms with Gasteiger partial charge in [-0.1, -0.05) is 44.2 Å². The molecule has 0 radical (unpaired) electrons. The van der Waals surface area contributed by atoms with Crippen LogP contribution in [0.25, 0.3) is 0 Å². The average Bonchev–Trinajstić information content (AvgIpc) is 2.47. The molecule has 0 fully saturated rings. The Morgan fingerprint density at radius 1 is 0.952 bits per heavy atom. The van der Waals surface area contributed by atoms with Crippen LogP contribution in [-0.4, -0.2) is 11.1 Å². The van der Waals surface area contributed by atoms with Gasteiger partial charge in [-0.15, -0.1) is 0 Å². The first-order valence-corrected chi connectivity index (χ1v) is 7.69. The Balaban J connectivity index is 1.93. The van der Waals surface area contributed by atoms with Gasteiger partial charge < -0.3 is 10.4 Å². The summed E-state index contributed by atoms with van der Waals surface area (Å²) >= 11 is 0. The van der Waals surface area contributed by atoms with Crippen LogP contribution in [0.5, 0.6) is 5.75 Å². The molecule has 0 spiro atoms. The van der Waals surface area contributed by atoms with Crippen LogP contribution in [0, 0.1) is 0 Å². The minimum absolute atomic E-state index is 0.329. The molecule has 2 aromatic rings. The van der Waals surface area contributed by atoms with Crippen LogP contribution in [0.3, 0.4) is 0 Å². The second-order valence-corrected chi connectivity index (χ2v) is 5.99. The Morgan fingerprint density at radius 3 is 2.29 bits per heavy atom. The molecule has 0 heterocycles. The Bertz CT molecular complexity index is 560. The largest absolute Gasteiger partial charge is 0.508 e. The van der Waals surface area contributed by atoms with E-state index < -0.39 is 0 Å². The fourth-order valence-electron chi connectivity index (χ4n) is 2.52. The number of anilines is 1. The van der Waals surface area contributed by atoms with E-state index in [2.05, 4.69) is 50.4 Å². The number of hydrogen-bond acceptors (Lipinski definition) is 2. The predicted molar refractivity (Wildman–Crippen MR) is 90.0 cm³/mol. The lowest BCUT2D eigenvalue weighted by atomic mass is 10.00. The van der Waals surface area contributed by atoms with Gasteiger partial charge in [0.15, 0.2) is 0 Å². The highest BCUT2D eigenvalue weighted by atomic mass is 16.3. The highest BCUT2D eigenvalue weighted by Crippen LogP contribution is 2.24. The molecule has 1 atom stereocenters. The van der Waals surface area contributed by atoms with E-state index in [9.17, 15) is 5.11 Å². The zero-order valence-electron chi connectivity index (χ0n) is 13.1. The lowest BCUT2D eigenvalue weighted by molar-refractivity contribution is 0.475. The molecule has 0 saturated carbocycles. The first kappa shape index (κ1) is 15.4. The number of phenolic OH excluding ortho intramolecular Hbond substituents is 1. The molecule has 2 rings (SSSR count). The molecule has 0 bridgehead atoms. The smallest absolute Gasteiger partial charge is 0.115 e. The second kappa shape index (κ2) is 7.16. The lowest BCUT2D eigenvalue weighted by Gasteiger charge is -2.19. The maximum Gasteiger partial charge on any atom is 0.115 e. The molecule has 0 saturated heterocycles. The Kier molecular flexibility index (Phi) is 5.26. The standard InChI is InChI=1S/C19H25NO/c1-14(2)18-6-4-5-7-19(18)20-15(3)8-9-16-10-12-17(21)13-11-16/h4-7,10-15,20-21H,8-9H2,1-3H3. The van der Waals surface area contributed by atoms with Gasteiger partial charge in [0.2, 0.25) is 0 Å². The molecule has 1 unspecified atom stereocenters. The molecule has 0 aliphatic rings. The van der Waals surface area contributed by atoms with Gasteiger partial charge in [-0.25, -0.2) is 0 Å². The van der Waals surface area contributed by atoms with Crippen LogP contribution < -0.4 is 5.32 Å². The number of nitrogens with one attached hydrogen (secondary N) is 1. The van der Waals surface area contributed by atoms with Crippen LogP contribution >= 0.6 is 0 Å². The first-order chi connectivity index (χ1) is 10.1. The summed E-state index contributed by atoms with van der Waals surface area (Å²) in [6.45, 7) is 6.67. The number of aryl methyl sites for hydroxylation is 1. The van der Waals surface area contributed by atoms with Gasteiger partial charge in [-0.2, -0.15) is 0 Å². The predicted octanol–water partition coefficient (Wildman–Crippen LogP) is 4.95. The molecular weight excluding hydrogens is 258 g/mol. The molecule has 0 amide bonds. The molecule has 112 valence electrons. The van der Waals surface area contributed by atoms with Crippen LogP contribution in [0.1, 0.15) is 44.2 Å². The van der Waals surface area contributed by atoms with E-state index >= 15 is 0 Å². The molecule has 2 N–H and O–H groups in total. The van der Waals surface area contributed by atoms with Crippen molar-refractivity contribution < 1.29 is 5.11 Å². The maximum atomic E-state index is 9.30. The number of para-hydroxylation sites is 1. The van der Waals surface area contributed by atoms with Crippen molar-refractivity contribution in [1.29, 1.82) is 0 Å². The normalized spacial score (nSPS) is 12.4. The van der Waals surface area contributed by atoms with Crippen molar-refractivity contribution in [2.75, 3.05) is 5.32 Å². The lowest BCUT2D eigenvalue weighted by Crippen LogP contribution is -2.17. The third kappa shape index (κ3) is 4.52. The summed E-state index contributed by atoms with van der Waals surface area (Å²) in [4.78, 5) is 0. The van der Waals surface area contributed by atoms with Crippen molar-refractivity contribution in [3.05, 3.63) is 59.7 Å². The minimum Gasteiger partial charge on any atom is -0.508 e. The van der Waals surface area contributed by atoms with Crippen molar-refractivity contribution in [2.45, 2.75) is 45.6 Å². The van der Waals surface area contributed by atoms with Crippen LogP contribution in [0.2, 0.25) is 0 Å². The van der Waals surface area contributed by atoms with Gasteiger partial charge in [0.1, 0.15) is 5.75 Å². The van der Waals surface area contributed by atoms with E-state index in [4.69, 9.17) is 0 Å². The average molecular weight is 283 g/mol. The van der Waals surface area contributed by atoms with Crippen molar-refractivity contribution >= 4 is 5.69 Å². The van der Waals surface area contributed by atoms with Crippen molar-refractivity contribution in [3.63, 3.8) is 0 Å². The number of aromatic hydroxyl groups is 1. The van der Waals surface area contributed by atoms with E-state index in [1.54, 1.807) is 12.1 Å². The Labute approximate surface area is 127 Å². The van der Waals surface area contributed by atoms with Gasteiger partial charge in [0, 0.05) is 11.7 Å². The number of phenols is 1. The second-order valence-electron chi connectivity index (χ2n) is 5.99. The molecule has 0 aliphatic carbocycles. The van der Waals surface area contributed by atoms with Crippen LogP contribution in [0.15, 0.2) is 48.5 Å². The van der Waals surface area contributed by atoms with Gasteiger partial charge in [0.05, 0.1) is 0 Å². The zero-order valence-corrected chi connectivity index (χ0v) is 13.1. The third-order valence-electron chi connectivity index (χ3n) is 3.79. The van der Waals surface area contributed by atoms with Gasteiger partial charge in [-0.05, 0) is 55.0 Å². The summed E-state index contributed by atoms with van der Waals surface area (Å²) in [5.41, 5.74) is 3.87. The van der Waals surface area contributed by atoms with E-state index in [1.165, 1.54) is 16.8 Å². The van der Waals surface area contributed by atoms with Crippen LogP contribution in [0.4, 0.5) is 5.69 Å². The Morgan fingerprint density at radius 2 is 1.62 bits per heavy atom. The van der Waals surface area contributed by atoms with Crippen molar-refractivity contribution in [1.82, 2.24) is 0 Å². The summed E-state index contributed by atoms with van der Waals surface area (Å²) in [7, 11) is 0. The van der Waals surface area contributed by atoms with Gasteiger partial charge >= 0.3 is 0 Å². The van der Waals surface area contributed by atoms with E-state index in [0.29, 0.717) is 17.7 Å². The summed E-state index contributed by atoms with van der Waals surface area (Å²) < 4.78 is 0. The SMILES string of the molecule is CC(CCc1ccc(O)cc1)Nc1ccccc1C(C)C. The molecule has 2 heteroatoms. The van der Waals surface area contributed by atoms with Crippen molar-refractivity contribution in [2.24, 2.45) is 0 Å². The molecule has 0 aliphatic heterocycles. The van der Waals surface area contributed by atoms with E-state index in [1.807, 2.05) is 12.1 Å². The topological polar surface area (TPSA) is 32.3 Å². The van der Waals surface area contributed by atoms with Gasteiger partial charge in [-0.3, -0.25) is 0 Å². The summed E-state index contributed by atoms with van der Waals surface area (Å²) in [5.74, 6) is 0.855. The quantitative estimate of drug-likeness (QED) is 0.786. The summed E-state index contributed by atoms with van der Waals surface area (Å²) in [5, 5.41) is 12.9. The van der Waals surface area contributed by atoms with Gasteiger partial charge in [0.25, 0.3) is 0 Å². The number of rotatable bonds is 6. The number of benzene rings is 2. The van der Waals surface area contributed by atoms with E-state index in [0.717, 1.165) is 12.8 Å². The fraction of sp³-hybridized carbons (Fsp3) is 0.368. The van der Waals surface area contributed by atoms with Crippen LogP contribution in [-0.2, 0) is 6.42 Å². The molecule has 21 heavy (non-hydrogen) atoms. The molecule has 0 aromatic heterocycles.